The molecule has 0 bridgehead atoms. The smallest absolute Gasteiger partial charge is 0.257 e. The van der Waals surface area contributed by atoms with Gasteiger partial charge >= 0.3 is 0 Å². The highest BCUT2D eigenvalue weighted by atomic mass is 32.2. The van der Waals surface area contributed by atoms with Crippen molar-refractivity contribution in [1.82, 2.24) is 14.7 Å². The number of H-pyrrole nitrogens is 1. The Balaban J connectivity index is 1.94. The molecule has 0 aromatic carbocycles. The second-order valence-electron chi connectivity index (χ2n) is 4.62. The van der Waals surface area contributed by atoms with Crippen LogP contribution < -0.4 is 10.5 Å². The highest BCUT2D eigenvalue weighted by Gasteiger charge is 2.24. The lowest BCUT2D eigenvalue weighted by atomic mass is 10.1. The van der Waals surface area contributed by atoms with Crippen LogP contribution in [0.2, 0.25) is 0 Å². The van der Waals surface area contributed by atoms with Crippen LogP contribution in [0.4, 0.5) is 0 Å². The summed E-state index contributed by atoms with van der Waals surface area (Å²) in [6, 6.07) is 0.221. The van der Waals surface area contributed by atoms with Gasteiger partial charge in [-0.15, -0.1) is 0 Å². The van der Waals surface area contributed by atoms with Gasteiger partial charge < -0.3 is 10.7 Å². The van der Waals surface area contributed by atoms with E-state index in [2.05, 4.69) is 14.7 Å². The second kappa shape index (κ2) is 4.75. The number of aromatic amines is 1. The van der Waals surface area contributed by atoms with Gasteiger partial charge in [0.25, 0.3) is 10.0 Å². The van der Waals surface area contributed by atoms with Gasteiger partial charge in [0.05, 0.1) is 6.20 Å². The Morgan fingerprint density at radius 1 is 1.59 bits per heavy atom. The molecule has 1 aliphatic carbocycles. The molecule has 2 unspecified atom stereocenters. The molecule has 0 radical (unpaired) electrons. The third-order valence-electron chi connectivity index (χ3n) is 3.11. The van der Waals surface area contributed by atoms with Crippen LogP contribution in [0.1, 0.15) is 25.1 Å². The largest absolute Gasteiger partial charge is 0.332 e. The van der Waals surface area contributed by atoms with Gasteiger partial charge in [-0.25, -0.2) is 18.1 Å². The number of nitrogens with zero attached hydrogens (tertiary/aromatic N) is 1. The number of nitrogens with one attached hydrogen (secondary N) is 2. The summed E-state index contributed by atoms with van der Waals surface area (Å²) < 4.78 is 26.3. The highest BCUT2D eigenvalue weighted by Crippen LogP contribution is 2.23. The molecule has 1 aromatic heterocycles. The molecule has 1 aliphatic rings. The molecule has 17 heavy (non-hydrogen) atoms. The van der Waals surface area contributed by atoms with Crippen LogP contribution in [0.25, 0.3) is 0 Å². The number of imidazole rings is 1. The minimum atomic E-state index is -3.45. The topological polar surface area (TPSA) is 101 Å². The Bertz CT molecular complexity index is 482. The normalized spacial score (nSPS) is 25.3. The average molecular weight is 258 g/mol. The van der Waals surface area contributed by atoms with E-state index in [1.165, 1.54) is 6.20 Å². The number of hydrogen-bond donors (Lipinski definition) is 3. The molecule has 1 fully saturated rings. The first kappa shape index (κ1) is 12.5. The van der Waals surface area contributed by atoms with Crippen molar-refractivity contribution >= 4 is 10.0 Å². The molecule has 7 heteroatoms. The molecular formula is C10H18N4O2S. The minimum Gasteiger partial charge on any atom is -0.332 e. The van der Waals surface area contributed by atoms with Crippen LogP contribution in [0.3, 0.4) is 0 Å². The third-order valence-corrected chi connectivity index (χ3v) is 4.45. The van der Waals surface area contributed by atoms with Gasteiger partial charge in [-0.1, -0.05) is 0 Å². The first-order valence-corrected chi connectivity index (χ1v) is 7.22. The second-order valence-corrected chi connectivity index (χ2v) is 6.36. The molecule has 1 heterocycles. The molecule has 0 saturated heterocycles. The molecule has 1 saturated carbocycles. The Labute approximate surface area is 101 Å². The molecular weight excluding hydrogens is 240 g/mol. The summed E-state index contributed by atoms with van der Waals surface area (Å²) in [4.78, 5) is 6.59. The fraction of sp³-hybridized carbons (Fsp3) is 0.700. The standard InChI is InChI=1S/C10H18N4O2S/c1-7-12-6-10(14-7)17(15,16)13-5-8-2-3-9(11)4-8/h6,8-9,13H,2-5,11H2,1H3,(H,12,14). The number of nitrogens with two attached hydrogens (primary N) is 1. The number of sulfonamides is 1. The van der Waals surface area contributed by atoms with Crippen LogP contribution in [0, 0.1) is 12.8 Å². The van der Waals surface area contributed by atoms with E-state index in [-0.39, 0.29) is 11.1 Å². The minimum absolute atomic E-state index is 0.122. The Morgan fingerprint density at radius 2 is 2.35 bits per heavy atom. The lowest BCUT2D eigenvalue weighted by Crippen LogP contribution is -2.29. The summed E-state index contributed by atoms with van der Waals surface area (Å²) in [5, 5.41) is 0.122. The summed E-state index contributed by atoms with van der Waals surface area (Å²) in [6.45, 7) is 2.17. The van der Waals surface area contributed by atoms with Gasteiger partial charge in [0, 0.05) is 12.6 Å². The summed E-state index contributed by atoms with van der Waals surface area (Å²) in [5.41, 5.74) is 5.79. The predicted molar refractivity (Wildman–Crippen MR) is 63.8 cm³/mol. The van der Waals surface area contributed by atoms with E-state index in [9.17, 15) is 8.42 Å². The summed E-state index contributed by atoms with van der Waals surface area (Å²) in [7, 11) is -3.45. The zero-order valence-electron chi connectivity index (χ0n) is 9.81. The van der Waals surface area contributed by atoms with Gasteiger partial charge in [0.1, 0.15) is 5.82 Å². The SMILES string of the molecule is Cc1ncc(S(=O)(=O)NCC2CCC(N)C2)[nH]1. The predicted octanol–water partition coefficient (Wildman–Crippen LogP) is 0.124. The van der Waals surface area contributed by atoms with E-state index in [1.54, 1.807) is 6.92 Å². The first-order chi connectivity index (χ1) is 7.97. The van der Waals surface area contributed by atoms with Crippen LogP contribution in [-0.2, 0) is 10.0 Å². The van der Waals surface area contributed by atoms with Crippen molar-refractivity contribution < 1.29 is 8.42 Å². The fourth-order valence-corrected chi connectivity index (χ4v) is 3.22. The Kier molecular flexibility index (Phi) is 3.50. The van der Waals surface area contributed by atoms with E-state index in [0.29, 0.717) is 18.3 Å². The van der Waals surface area contributed by atoms with Crippen molar-refractivity contribution in [2.24, 2.45) is 11.7 Å². The van der Waals surface area contributed by atoms with Crippen molar-refractivity contribution in [3.8, 4) is 0 Å². The zero-order chi connectivity index (χ0) is 12.5. The summed E-state index contributed by atoms with van der Waals surface area (Å²) in [6.07, 6.45) is 4.20. The molecule has 0 amide bonds. The zero-order valence-corrected chi connectivity index (χ0v) is 10.6. The Hall–Kier alpha value is -0.920. The molecule has 2 atom stereocenters. The van der Waals surface area contributed by atoms with Crippen LogP contribution in [0.15, 0.2) is 11.2 Å². The molecule has 2 rings (SSSR count). The van der Waals surface area contributed by atoms with Gasteiger partial charge in [-0.2, -0.15) is 0 Å². The van der Waals surface area contributed by atoms with Gasteiger partial charge in [-0.3, -0.25) is 0 Å². The van der Waals surface area contributed by atoms with E-state index >= 15 is 0 Å². The van der Waals surface area contributed by atoms with Crippen molar-refractivity contribution in [3.63, 3.8) is 0 Å². The van der Waals surface area contributed by atoms with Crippen molar-refractivity contribution in [2.75, 3.05) is 6.54 Å². The van der Waals surface area contributed by atoms with Crippen LogP contribution in [-0.4, -0.2) is 31.0 Å². The fourth-order valence-electron chi connectivity index (χ4n) is 2.14. The molecule has 0 spiro atoms. The van der Waals surface area contributed by atoms with Gasteiger partial charge in [0.15, 0.2) is 5.03 Å². The quantitative estimate of drug-likeness (QED) is 0.714. The van der Waals surface area contributed by atoms with Crippen LogP contribution in [0.5, 0.6) is 0 Å². The lowest BCUT2D eigenvalue weighted by Gasteiger charge is -2.10. The molecule has 0 aliphatic heterocycles. The van der Waals surface area contributed by atoms with E-state index in [0.717, 1.165) is 19.3 Å². The number of aromatic nitrogens is 2. The maximum Gasteiger partial charge on any atom is 0.257 e. The highest BCUT2D eigenvalue weighted by molar-refractivity contribution is 7.89. The lowest BCUT2D eigenvalue weighted by molar-refractivity contribution is 0.511. The molecule has 96 valence electrons. The molecule has 6 nitrogen and oxygen atoms in total. The molecule has 1 aromatic rings. The molecule has 4 N–H and O–H groups in total. The van der Waals surface area contributed by atoms with Gasteiger partial charge in [-0.05, 0) is 32.1 Å². The van der Waals surface area contributed by atoms with Crippen molar-refractivity contribution in [2.45, 2.75) is 37.3 Å². The monoisotopic (exact) mass is 258 g/mol. The van der Waals surface area contributed by atoms with E-state index in [4.69, 9.17) is 5.73 Å². The van der Waals surface area contributed by atoms with E-state index in [1.807, 2.05) is 0 Å². The van der Waals surface area contributed by atoms with Gasteiger partial charge in [0.2, 0.25) is 0 Å². The maximum absolute atomic E-state index is 11.9. The number of hydrogen-bond acceptors (Lipinski definition) is 4. The van der Waals surface area contributed by atoms with Crippen LogP contribution >= 0.6 is 0 Å². The third kappa shape index (κ3) is 3.05. The number of rotatable bonds is 4. The Morgan fingerprint density at radius 3 is 2.88 bits per heavy atom. The van der Waals surface area contributed by atoms with E-state index < -0.39 is 10.0 Å². The van der Waals surface area contributed by atoms with Crippen molar-refractivity contribution in [3.05, 3.63) is 12.0 Å². The van der Waals surface area contributed by atoms with Crippen molar-refractivity contribution in [1.29, 1.82) is 0 Å². The summed E-state index contributed by atoms with van der Waals surface area (Å²) >= 11 is 0. The maximum atomic E-state index is 11.9. The average Bonchev–Trinajstić information content (AvgIpc) is 2.85. The first-order valence-electron chi connectivity index (χ1n) is 5.74. The summed E-state index contributed by atoms with van der Waals surface area (Å²) in [5.74, 6) is 0.942. The number of aryl methyl sites for hydroxylation is 1.